The van der Waals surface area contributed by atoms with E-state index >= 15 is 0 Å². The molecule has 2 heterocycles. The van der Waals surface area contributed by atoms with E-state index in [9.17, 15) is 14.4 Å². The van der Waals surface area contributed by atoms with Crippen molar-refractivity contribution in [1.82, 2.24) is 14.7 Å². The van der Waals surface area contributed by atoms with Crippen molar-refractivity contribution in [3.8, 4) is 0 Å². The highest BCUT2D eigenvalue weighted by molar-refractivity contribution is 7.15. The second kappa shape index (κ2) is 6.04. The molecule has 2 aromatic heterocycles. The molecule has 0 aliphatic heterocycles. The Kier molecular flexibility index (Phi) is 4.37. The molecule has 0 fully saturated rings. The van der Waals surface area contributed by atoms with Crippen molar-refractivity contribution in [2.45, 2.75) is 13.8 Å². The zero-order valence-corrected chi connectivity index (χ0v) is 12.4. The summed E-state index contributed by atoms with van der Waals surface area (Å²) < 4.78 is 1.29. The van der Waals surface area contributed by atoms with Gasteiger partial charge in [0, 0.05) is 24.3 Å². The number of nitrogens with zero attached hydrogens (tertiary/aromatic N) is 2. The Morgan fingerprint density at radius 3 is 2.81 bits per heavy atom. The van der Waals surface area contributed by atoms with Gasteiger partial charge in [0.1, 0.15) is 5.56 Å². The van der Waals surface area contributed by atoms with Crippen molar-refractivity contribution < 1.29 is 14.7 Å². The Morgan fingerprint density at radius 1 is 1.48 bits per heavy atom. The van der Waals surface area contributed by atoms with Crippen LogP contribution in [0.15, 0.2) is 22.6 Å². The van der Waals surface area contributed by atoms with Gasteiger partial charge < -0.3 is 10.4 Å². The van der Waals surface area contributed by atoms with Crippen LogP contribution in [-0.4, -0.2) is 32.9 Å². The summed E-state index contributed by atoms with van der Waals surface area (Å²) in [4.78, 5) is 39.7. The maximum Gasteiger partial charge on any atom is 0.308 e. The van der Waals surface area contributed by atoms with E-state index in [0.29, 0.717) is 4.96 Å². The summed E-state index contributed by atoms with van der Waals surface area (Å²) in [6, 6.07) is 0. The van der Waals surface area contributed by atoms with Gasteiger partial charge in [-0.15, -0.1) is 11.3 Å². The van der Waals surface area contributed by atoms with Crippen molar-refractivity contribution in [3.63, 3.8) is 0 Å². The fourth-order valence-corrected chi connectivity index (χ4v) is 2.56. The zero-order valence-electron chi connectivity index (χ0n) is 11.6. The number of hydrogen-bond donors (Lipinski definition) is 2. The number of fused-ring (bicyclic) bond motifs is 1. The molecule has 21 heavy (non-hydrogen) atoms. The lowest BCUT2D eigenvalue weighted by Crippen LogP contribution is -2.38. The third-order valence-electron chi connectivity index (χ3n) is 3.19. The lowest BCUT2D eigenvalue weighted by atomic mass is 9.96. The summed E-state index contributed by atoms with van der Waals surface area (Å²) >= 11 is 1.29. The van der Waals surface area contributed by atoms with Crippen molar-refractivity contribution in [1.29, 1.82) is 0 Å². The van der Waals surface area contributed by atoms with Gasteiger partial charge in [-0.05, 0) is 5.92 Å². The number of nitrogens with one attached hydrogen (secondary N) is 1. The molecular formula is C13H15N3O4S. The molecular weight excluding hydrogens is 294 g/mol. The number of thiazole rings is 1. The van der Waals surface area contributed by atoms with Crippen LogP contribution >= 0.6 is 11.3 Å². The normalized spacial score (nSPS) is 12.5. The molecule has 112 valence electrons. The topological polar surface area (TPSA) is 101 Å². The Bertz CT molecular complexity index is 734. The number of carbonyl (C=O) groups is 2. The van der Waals surface area contributed by atoms with Gasteiger partial charge in [0.25, 0.3) is 11.5 Å². The summed E-state index contributed by atoms with van der Waals surface area (Å²) in [7, 11) is 0. The molecule has 2 N–H and O–H groups in total. The van der Waals surface area contributed by atoms with E-state index in [4.69, 9.17) is 5.11 Å². The number of hydrogen-bond acceptors (Lipinski definition) is 5. The lowest BCUT2D eigenvalue weighted by molar-refractivity contribution is -0.142. The zero-order chi connectivity index (χ0) is 15.6. The lowest BCUT2D eigenvalue weighted by Gasteiger charge is -2.16. The number of rotatable bonds is 5. The number of aromatic nitrogens is 2. The number of carboxylic acid groups (broad SMARTS) is 1. The van der Waals surface area contributed by atoms with E-state index in [2.05, 4.69) is 10.3 Å². The molecule has 0 aliphatic carbocycles. The summed E-state index contributed by atoms with van der Waals surface area (Å²) in [5.41, 5.74) is -0.561. The maximum absolute atomic E-state index is 12.1. The van der Waals surface area contributed by atoms with Crippen LogP contribution < -0.4 is 10.9 Å². The highest BCUT2D eigenvalue weighted by Gasteiger charge is 2.23. The Hall–Kier alpha value is -2.22. The van der Waals surface area contributed by atoms with E-state index in [1.165, 1.54) is 21.9 Å². The molecule has 0 bridgehead atoms. The van der Waals surface area contributed by atoms with Gasteiger partial charge in [0.05, 0.1) is 5.92 Å². The van der Waals surface area contributed by atoms with Crippen molar-refractivity contribution in [3.05, 3.63) is 33.7 Å². The van der Waals surface area contributed by atoms with Crippen LogP contribution in [0, 0.1) is 11.8 Å². The average molecular weight is 309 g/mol. The monoisotopic (exact) mass is 309 g/mol. The van der Waals surface area contributed by atoms with Gasteiger partial charge in [0.15, 0.2) is 4.96 Å². The first kappa shape index (κ1) is 15.2. The van der Waals surface area contributed by atoms with Crippen molar-refractivity contribution in [2.24, 2.45) is 11.8 Å². The highest BCUT2D eigenvalue weighted by atomic mass is 32.1. The molecule has 1 unspecified atom stereocenters. The molecule has 8 heteroatoms. The molecule has 2 rings (SSSR count). The molecule has 0 aromatic carbocycles. The first-order valence-corrected chi connectivity index (χ1v) is 7.25. The number of aliphatic carboxylic acids is 1. The molecule has 0 spiro atoms. The van der Waals surface area contributed by atoms with Crippen LogP contribution in [0.3, 0.4) is 0 Å². The van der Waals surface area contributed by atoms with Crippen LogP contribution in [0.4, 0.5) is 0 Å². The van der Waals surface area contributed by atoms with E-state index in [-0.39, 0.29) is 18.0 Å². The first-order chi connectivity index (χ1) is 9.91. The first-order valence-electron chi connectivity index (χ1n) is 6.37. The number of carboxylic acids is 1. The molecule has 0 aliphatic rings. The van der Waals surface area contributed by atoms with Crippen LogP contribution in [0.25, 0.3) is 4.96 Å². The predicted molar refractivity (Wildman–Crippen MR) is 77.6 cm³/mol. The second-order valence-corrected chi connectivity index (χ2v) is 5.80. The van der Waals surface area contributed by atoms with Crippen LogP contribution in [0.1, 0.15) is 24.2 Å². The highest BCUT2D eigenvalue weighted by Crippen LogP contribution is 2.10. The minimum Gasteiger partial charge on any atom is -0.481 e. The van der Waals surface area contributed by atoms with Gasteiger partial charge in [-0.1, -0.05) is 13.8 Å². The standard InChI is InChI=1S/C13H15N3O4S/c1-7(2)8(12(19)20)5-14-10(17)9-6-15-13-16(11(9)18)3-4-21-13/h3-4,6-8H,5H2,1-2H3,(H,14,17)(H,19,20). The van der Waals surface area contributed by atoms with Crippen molar-refractivity contribution >= 4 is 28.2 Å². The fourth-order valence-electron chi connectivity index (χ4n) is 1.89. The summed E-state index contributed by atoms with van der Waals surface area (Å²) in [6.07, 6.45) is 2.76. The third-order valence-corrected chi connectivity index (χ3v) is 3.96. The van der Waals surface area contributed by atoms with Gasteiger partial charge in [-0.3, -0.25) is 18.8 Å². The van der Waals surface area contributed by atoms with Crippen molar-refractivity contribution in [2.75, 3.05) is 6.54 Å². The number of carbonyl (C=O) groups excluding carboxylic acids is 1. The average Bonchev–Trinajstić information content (AvgIpc) is 2.87. The smallest absolute Gasteiger partial charge is 0.308 e. The Morgan fingerprint density at radius 2 is 2.19 bits per heavy atom. The van der Waals surface area contributed by atoms with Gasteiger partial charge in [0.2, 0.25) is 0 Å². The SMILES string of the molecule is CC(C)C(CNC(=O)c1cnc2sccn2c1=O)C(=O)O. The summed E-state index contributed by atoms with van der Waals surface area (Å²) in [6.45, 7) is 3.50. The summed E-state index contributed by atoms with van der Waals surface area (Å²) in [5.74, 6) is -2.41. The van der Waals surface area contributed by atoms with E-state index in [0.717, 1.165) is 0 Å². The molecule has 0 saturated carbocycles. The minimum atomic E-state index is -0.978. The van der Waals surface area contributed by atoms with E-state index in [1.807, 2.05) is 0 Å². The summed E-state index contributed by atoms with van der Waals surface area (Å²) in [5, 5.41) is 13.3. The van der Waals surface area contributed by atoms with Crippen LogP contribution in [0.5, 0.6) is 0 Å². The van der Waals surface area contributed by atoms with E-state index < -0.39 is 23.4 Å². The van der Waals surface area contributed by atoms with Crippen LogP contribution in [-0.2, 0) is 4.79 Å². The van der Waals surface area contributed by atoms with Gasteiger partial charge in [-0.25, -0.2) is 4.98 Å². The minimum absolute atomic E-state index is 0.0301. The quantitative estimate of drug-likeness (QED) is 0.852. The largest absolute Gasteiger partial charge is 0.481 e. The molecule has 1 atom stereocenters. The predicted octanol–water partition coefficient (Wildman–Crippen LogP) is 0.843. The Labute approximate surface area is 124 Å². The number of amides is 1. The third kappa shape index (κ3) is 3.10. The molecule has 7 nitrogen and oxygen atoms in total. The van der Waals surface area contributed by atoms with E-state index in [1.54, 1.807) is 25.4 Å². The maximum atomic E-state index is 12.1. The molecule has 1 amide bonds. The molecule has 0 radical (unpaired) electrons. The van der Waals surface area contributed by atoms with Crippen LogP contribution in [0.2, 0.25) is 0 Å². The van der Waals surface area contributed by atoms with Gasteiger partial charge in [-0.2, -0.15) is 0 Å². The fraction of sp³-hybridized carbons (Fsp3) is 0.385. The molecule has 2 aromatic rings. The Balaban J connectivity index is 2.17. The molecule has 0 saturated heterocycles. The second-order valence-electron chi connectivity index (χ2n) is 4.93. The van der Waals surface area contributed by atoms with Gasteiger partial charge >= 0.3 is 5.97 Å².